The highest BCUT2D eigenvalue weighted by Gasteiger charge is 2.18. The molecule has 2 N–H and O–H groups in total. The number of nitrogens with zero attached hydrogens (tertiary/aromatic N) is 2. The fraction of sp³-hybridized carbons (Fsp3) is 0.500. The standard InChI is InChI=1S/C14H21N3O/c1-14(2,3)16-13(15)17-8-9-18-12-7-5-4-6-11(12)10-17/h4-7H,8-10H2,1-3H3,(H2,15,16). The zero-order valence-electron chi connectivity index (χ0n) is 11.3. The minimum absolute atomic E-state index is 0.156. The Kier molecular flexibility index (Phi) is 3.45. The first-order valence-electron chi connectivity index (χ1n) is 6.27. The van der Waals surface area contributed by atoms with Crippen molar-refractivity contribution in [2.24, 2.45) is 10.7 Å². The van der Waals surface area contributed by atoms with Crippen LogP contribution in [0.2, 0.25) is 0 Å². The highest BCUT2D eigenvalue weighted by Crippen LogP contribution is 2.22. The number of para-hydroxylation sites is 1. The highest BCUT2D eigenvalue weighted by molar-refractivity contribution is 5.78. The lowest BCUT2D eigenvalue weighted by Crippen LogP contribution is -2.40. The van der Waals surface area contributed by atoms with Gasteiger partial charge in [-0.15, -0.1) is 0 Å². The summed E-state index contributed by atoms with van der Waals surface area (Å²) in [4.78, 5) is 6.58. The second-order valence-corrected chi connectivity index (χ2v) is 5.52. The number of hydrogen-bond acceptors (Lipinski definition) is 2. The molecule has 0 amide bonds. The van der Waals surface area contributed by atoms with Crippen LogP contribution >= 0.6 is 0 Å². The molecule has 0 spiro atoms. The summed E-state index contributed by atoms with van der Waals surface area (Å²) in [5.74, 6) is 1.53. The molecule has 2 rings (SSSR count). The van der Waals surface area contributed by atoms with Gasteiger partial charge in [-0.3, -0.25) is 0 Å². The fourth-order valence-electron chi connectivity index (χ4n) is 1.94. The van der Waals surface area contributed by atoms with Crippen molar-refractivity contribution >= 4 is 5.96 Å². The van der Waals surface area contributed by atoms with Crippen LogP contribution < -0.4 is 10.5 Å². The minimum atomic E-state index is -0.156. The summed E-state index contributed by atoms with van der Waals surface area (Å²) in [6.45, 7) is 8.28. The molecule has 1 aromatic carbocycles. The molecule has 0 atom stereocenters. The topological polar surface area (TPSA) is 50.8 Å². The number of hydrogen-bond donors (Lipinski definition) is 1. The van der Waals surface area contributed by atoms with E-state index in [2.05, 4.69) is 16.0 Å². The average molecular weight is 247 g/mol. The molecular formula is C14H21N3O. The van der Waals surface area contributed by atoms with Crippen LogP contribution in [0.4, 0.5) is 0 Å². The predicted molar refractivity (Wildman–Crippen MR) is 73.7 cm³/mol. The second kappa shape index (κ2) is 4.88. The molecular weight excluding hydrogens is 226 g/mol. The molecule has 0 aliphatic carbocycles. The molecule has 0 saturated heterocycles. The Morgan fingerprint density at radius 2 is 2.06 bits per heavy atom. The van der Waals surface area contributed by atoms with Gasteiger partial charge in [-0.2, -0.15) is 0 Å². The number of fused-ring (bicyclic) bond motifs is 1. The monoisotopic (exact) mass is 247 g/mol. The zero-order chi connectivity index (χ0) is 13.2. The predicted octanol–water partition coefficient (Wildman–Crippen LogP) is 1.99. The quantitative estimate of drug-likeness (QED) is 0.563. The Balaban J connectivity index is 2.20. The van der Waals surface area contributed by atoms with E-state index in [0.717, 1.165) is 24.4 Å². The van der Waals surface area contributed by atoms with E-state index in [1.807, 2.05) is 39.0 Å². The van der Waals surface area contributed by atoms with E-state index >= 15 is 0 Å². The van der Waals surface area contributed by atoms with Gasteiger partial charge in [-0.25, -0.2) is 4.99 Å². The van der Waals surface area contributed by atoms with Gasteiger partial charge >= 0.3 is 0 Å². The number of ether oxygens (including phenoxy) is 1. The molecule has 1 aliphatic heterocycles. The van der Waals surface area contributed by atoms with E-state index in [9.17, 15) is 0 Å². The van der Waals surface area contributed by atoms with Crippen LogP contribution in [0.1, 0.15) is 26.3 Å². The van der Waals surface area contributed by atoms with Crippen LogP contribution in [0.15, 0.2) is 29.3 Å². The first-order valence-corrected chi connectivity index (χ1v) is 6.27. The van der Waals surface area contributed by atoms with Gasteiger partial charge in [0.15, 0.2) is 5.96 Å². The summed E-state index contributed by atoms with van der Waals surface area (Å²) >= 11 is 0. The molecule has 0 saturated carbocycles. The Hall–Kier alpha value is -1.71. The van der Waals surface area contributed by atoms with Crippen molar-refractivity contribution in [2.75, 3.05) is 13.2 Å². The molecule has 0 fully saturated rings. The van der Waals surface area contributed by atoms with Gasteiger partial charge in [0.2, 0.25) is 0 Å². The fourth-order valence-corrected chi connectivity index (χ4v) is 1.94. The van der Waals surface area contributed by atoms with Gasteiger partial charge in [0, 0.05) is 12.1 Å². The number of aliphatic imine (C=N–C) groups is 1. The molecule has 0 bridgehead atoms. The van der Waals surface area contributed by atoms with Crippen LogP contribution in [-0.4, -0.2) is 29.6 Å². The Labute approximate surface area is 108 Å². The van der Waals surface area contributed by atoms with Crippen molar-refractivity contribution in [1.82, 2.24) is 4.90 Å². The van der Waals surface area contributed by atoms with Crippen molar-refractivity contribution in [3.63, 3.8) is 0 Å². The smallest absolute Gasteiger partial charge is 0.192 e. The third kappa shape index (κ3) is 3.15. The summed E-state index contributed by atoms with van der Waals surface area (Å²) in [7, 11) is 0. The third-order valence-electron chi connectivity index (χ3n) is 2.73. The third-order valence-corrected chi connectivity index (χ3v) is 2.73. The number of guanidine groups is 1. The lowest BCUT2D eigenvalue weighted by molar-refractivity contribution is 0.287. The van der Waals surface area contributed by atoms with E-state index in [0.29, 0.717) is 12.6 Å². The van der Waals surface area contributed by atoms with Crippen molar-refractivity contribution in [1.29, 1.82) is 0 Å². The molecule has 98 valence electrons. The minimum Gasteiger partial charge on any atom is -0.491 e. The summed E-state index contributed by atoms with van der Waals surface area (Å²) in [5.41, 5.74) is 7.08. The summed E-state index contributed by atoms with van der Waals surface area (Å²) in [5, 5.41) is 0. The highest BCUT2D eigenvalue weighted by atomic mass is 16.5. The second-order valence-electron chi connectivity index (χ2n) is 5.52. The Morgan fingerprint density at radius 3 is 2.78 bits per heavy atom. The molecule has 4 heteroatoms. The summed E-state index contributed by atoms with van der Waals surface area (Å²) in [6, 6.07) is 8.07. The van der Waals surface area contributed by atoms with E-state index in [1.54, 1.807) is 0 Å². The molecule has 0 unspecified atom stereocenters. The molecule has 1 heterocycles. The van der Waals surface area contributed by atoms with E-state index in [4.69, 9.17) is 10.5 Å². The van der Waals surface area contributed by atoms with Gasteiger partial charge in [0.05, 0.1) is 12.1 Å². The lowest BCUT2D eigenvalue weighted by Gasteiger charge is -2.23. The maximum absolute atomic E-state index is 6.08. The van der Waals surface area contributed by atoms with Gasteiger partial charge in [-0.05, 0) is 26.8 Å². The van der Waals surface area contributed by atoms with Crippen LogP contribution in [0.25, 0.3) is 0 Å². The van der Waals surface area contributed by atoms with Crippen LogP contribution in [-0.2, 0) is 6.54 Å². The first kappa shape index (κ1) is 12.7. The van der Waals surface area contributed by atoms with Crippen molar-refractivity contribution in [2.45, 2.75) is 32.9 Å². The summed E-state index contributed by atoms with van der Waals surface area (Å²) < 4.78 is 5.71. The van der Waals surface area contributed by atoms with Crippen LogP contribution in [0, 0.1) is 0 Å². The van der Waals surface area contributed by atoms with Crippen molar-refractivity contribution in [3.05, 3.63) is 29.8 Å². The number of nitrogens with two attached hydrogens (primary N) is 1. The summed E-state index contributed by atoms with van der Waals surface area (Å²) in [6.07, 6.45) is 0. The SMILES string of the molecule is CC(C)(C)N=C(N)N1CCOc2ccccc2C1. The maximum Gasteiger partial charge on any atom is 0.192 e. The first-order chi connectivity index (χ1) is 8.46. The van der Waals surface area contributed by atoms with Crippen LogP contribution in [0.5, 0.6) is 5.75 Å². The van der Waals surface area contributed by atoms with Crippen LogP contribution in [0.3, 0.4) is 0 Å². The molecule has 4 nitrogen and oxygen atoms in total. The largest absolute Gasteiger partial charge is 0.491 e. The maximum atomic E-state index is 6.08. The van der Waals surface area contributed by atoms with E-state index in [-0.39, 0.29) is 5.54 Å². The van der Waals surface area contributed by atoms with Gasteiger partial charge in [0.1, 0.15) is 12.4 Å². The van der Waals surface area contributed by atoms with E-state index in [1.165, 1.54) is 0 Å². The molecule has 1 aromatic rings. The van der Waals surface area contributed by atoms with Gasteiger partial charge in [0.25, 0.3) is 0 Å². The Bertz CT molecular complexity index is 449. The van der Waals surface area contributed by atoms with Gasteiger partial charge in [-0.1, -0.05) is 18.2 Å². The average Bonchev–Trinajstić information content (AvgIpc) is 2.48. The normalized spacial score (nSPS) is 16.8. The number of rotatable bonds is 0. The van der Waals surface area contributed by atoms with Crippen molar-refractivity contribution < 1.29 is 4.74 Å². The molecule has 1 aliphatic rings. The number of benzene rings is 1. The molecule has 0 radical (unpaired) electrons. The van der Waals surface area contributed by atoms with E-state index < -0.39 is 0 Å². The Morgan fingerprint density at radius 1 is 1.33 bits per heavy atom. The van der Waals surface area contributed by atoms with Gasteiger partial charge < -0.3 is 15.4 Å². The molecule has 18 heavy (non-hydrogen) atoms. The lowest BCUT2D eigenvalue weighted by atomic mass is 10.1. The van der Waals surface area contributed by atoms with Crippen molar-refractivity contribution in [3.8, 4) is 5.75 Å². The molecule has 0 aromatic heterocycles. The zero-order valence-corrected chi connectivity index (χ0v) is 11.3.